The van der Waals surface area contributed by atoms with Crippen molar-refractivity contribution in [2.75, 3.05) is 18.0 Å². The highest BCUT2D eigenvalue weighted by Gasteiger charge is 2.24. The Labute approximate surface area is 138 Å². The molecule has 6 nitrogen and oxygen atoms in total. The molecule has 2 aromatic rings. The standard InChI is InChI=1S/C17H17FN4O2/c1-11-9-16(24-21-11)17(23)20-12-5-7-22(8-6-12)15-4-2-3-14(18)13(15)10-19/h2-4,9,12H,5-8H2,1H3,(H,20,23). The van der Waals surface area contributed by atoms with Crippen LogP contribution in [0.2, 0.25) is 0 Å². The van der Waals surface area contributed by atoms with Crippen LogP contribution in [0.1, 0.15) is 34.7 Å². The molecule has 0 spiro atoms. The molecule has 1 aromatic carbocycles. The summed E-state index contributed by atoms with van der Waals surface area (Å²) in [5.74, 6) is -0.588. The van der Waals surface area contributed by atoms with E-state index in [2.05, 4.69) is 10.5 Å². The van der Waals surface area contributed by atoms with Crippen molar-refractivity contribution in [2.45, 2.75) is 25.8 Å². The highest BCUT2D eigenvalue weighted by molar-refractivity contribution is 5.91. The van der Waals surface area contributed by atoms with E-state index in [0.29, 0.717) is 37.3 Å². The number of nitrogens with zero attached hydrogens (tertiary/aromatic N) is 3. The van der Waals surface area contributed by atoms with Gasteiger partial charge in [-0.25, -0.2) is 4.39 Å². The van der Waals surface area contributed by atoms with E-state index >= 15 is 0 Å². The zero-order chi connectivity index (χ0) is 17.1. The Morgan fingerprint density at radius 3 is 2.83 bits per heavy atom. The number of amides is 1. The lowest BCUT2D eigenvalue weighted by atomic mass is 10.0. The lowest BCUT2D eigenvalue weighted by Gasteiger charge is -2.34. The number of piperidine rings is 1. The average Bonchev–Trinajstić information content (AvgIpc) is 3.02. The van der Waals surface area contributed by atoms with E-state index < -0.39 is 5.82 Å². The van der Waals surface area contributed by atoms with Crippen LogP contribution in [-0.4, -0.2) is 30.2 Å². The molecular weight excluding hydrogens is 311 g/mol. The molecule has 24 heavy (non-hydrogen) atoms. The van der Waals surface area contributed by atoms with Crippen molar-refractivity contribution in [3.63, 3.8) is 0 Å². The van der Waals surface area contributed by atoms with Gasteiger partial charge in [-0.1, -0.05) is 11.2 Å². The van der Waals surface area contributed by atoms with Crippen LogP contribution < -0.4 is 10.2 Å². The maximum atomic E-state index is 13.7. The molecule has 1 aliphatic heterocycles. The molecule has 7 heteroatoms. The first-order chi connectivity index (χ1) is 11.6. The third-order valence-electron chi connectivity index (χ3n) is 4.13. The van der Waals surface area contributed by atoms with Crippen LogP contribution in [0.5, 0.6) is 0 Å². The van der Waals surface area contributed by atoms with Gasteiger partial charge in [0, 0.05) is 25.2 Å². The first-order valence-corrected chi connectivity index (χ1v) is 7.76. The maximum absolute atomic E-state index is 13.7. The lowest BCUT2D eigenvalue weighted by molar-refractivity contribution is 0.0893. The van der Waals surface area contributed by atoms with Crippen molar-refractivity contribution in [1.82, 2.24) is 10.5 Å². The summed E-state index contributed by atoms with van der Waals surface area (Å²) in [7, 11) is 0. The summed E-state index contributed by atoms with van der Waals surface area (Å²) in [5.41, 5.74) is 1.33. The summed E-state index contributed by atoms with van der Waals surface area (Å²) in [6.45, 7) is 3.03. The van der Waals surface area contributed by atoms with Gasteiger partial charge in [-0.2, -0.15) is 5.26 Å². The van der Waals surface area contributed by atoms with Crippen LogP contribution >= 0.6 is 0 Å². The van der Waals surface area contributed by atoms with E-state index in [4.69, 9.17) is 9.78 Å². The topological polar surface area (TPSA) is 82.2 Å². The molecule has 1 fully saturated rings. The van der Waals surface area contributed by atoms with Gasteiger partial charge < -0.3 is 14.7 Å². The highest BCUT2D eigenvalue weighted by Crippen LogP contribution is 2.25. The van der Waals surface area contributed by atoms with Gasteiger partial charge >= 0.3 is 0 Å². The molecule has 3 rings (SSSR count). The van der Waals surface area contributed by atoms with Crippen LogP contribution in [-0.2, 0) is 0 Å². The van der Waals surface area contributed by atoms with Crippen LogP contribution in [0.3, 0.4) is 0 Å². The normalized spacial score (nSPS) is 15.1. The Balaban J connectivity index is 1.61. The number of carbonyl (C=O) groups excluding carboxylic acids is 1. The van der Waals surface area contributed by atoms with Crippen molar-refractivity contribution in [1.29, 1.82) is 5.26 Å². The van der Waals surface area contributed by atoms with Crippen molar-refractivity contribution >= 4 is 11.6 Å². The molecule has 0 unspecified atom stereocenters. The van der Waals surface area contributed by atoms with E-state index in [1.165, 1.54) is 6.07 Å². The summed E-state index contributed by atoms with van der Waals surface area (Å²) in [6.07, 6.45) is 1.42. The van der Waals surface area contributed by atoms with Crippen LogP contribution in [0, 0.1) is 24.1 Å². The fourth-order valence-corrected chi connectivity index (χ4v) is 2.88. The zero-order valence-electron chi connectivity index (χ0n) is 13.3. The van der Waals surface area contributed by atoms with Gasteiger partial charge in [-0.3, -0.25) is 4.79 Å². The molecule has 1 N–H and O–H groups in total. The second-order valence-corrected chi connectivity index (χ2v) is 5.81. The van der Waals surface area contributed by atoms with E-state index in [9.17, 15) is 9.18 Å². The highest BCUT2D eigenvalue weighted by atomic mass is 19.1. The number of anilines is 1. The minimum absolute atomic E-state index is 0.0123. The monoisotopic (exact) mass is 328 g/mol. The third kappa shape index (κ3) is 3.23. The quantitative estimate of drug-likeness (QED) is 0.935. The first kappa shape index (κ1) is 16.0. The number of carbonyl (C=O) groups is 1. The molecule has 0 atom stereocenters. The molecule has 2 heterocycles. The second kappa shape index (κ2) is 6.71. The Kier molecular flexibility index (Phi) is 4.47. The van der Waals surface area contributed by atoms with Gasteiger partial charge in [-0.05, 0) is 31.9 Å². The zero-order valence-corrected chi connectivity index (χ0v) is 13.3. The summed E-state index contributed by atoms with van der Waals surface area (Å²) < 4.78 is 18.7. The van der Waals surface area contributed by atoms with E-state index in [-0.39, 0.29) is 23.3 Å². The Hall–Kier alpha value is -2.88. The molecule has 0 aliphatic carbocycles. The Morgan fingerprint density at radius 2 is 2.21 bits per heavy atom. The Morgan fingerprint density at radius 1 is 1.46 bits per heavy atom. The van der Waals surface area contributed by atoms with E-state index in [0.717, 1.165) is 0 Å². The minimum Gasteiger partial charge on any atom is -0.370 e. The van der Waals surface area contributed by atoms with Crippen molar-refractivity contribution in [3.05, 3.63) is 47.1 Å². The van der Waals surface area contributed by atoms with Gasteiger partial charge in [0.05, 0.1) is 11.4 Å². The largest absolute Gasteiger partial charge is 0.370 e. The minimum atomic E-state index is -0.508. The van der Waals surface area contributed by atoms with Gasteiger partial charge in [-0.15, -0.1) is 0 Å². The predicted octanol–water partition coefficient (Wildman–Crippen LogP) is 2.39. The molecule has 124 valence electrons. The number of aromatic nitrogens is 1. The molecule has 1 amide bonds. The number of nitrogens with one attached hydrogen (secondary N) is 1. The number of hydrogen-bond donors (Lipinski definition) is 1. The third-order valence-corrected chi connectivity index (χ3v) is 4.13. The fourth-order valence-electron chi connectivity index (χ4n) is 2.88. The molecular formula is C17H17FN4O2. The van der Waals surface area contributed by atoms with Crippen molar-refractivity contribution in [2.24, 2.45) is 0 Å². The van der Waals surface area contributed by atoms with Gasteiger partial charge in [0.15, 0.2) is 0 Å². The summed E-state index contributed by atoms with van der Waals surface area (Å²) in [5, 5.41) is 15.8. The van der Waals surface area contributed by atoms with Crippen LogP contribution in [0.15, 0.2) is 28.8 Å². The second-order valence-electron chi connectivity index (χ2n) is 5.81. The van der Waals surface area contributed by atoms with Gasteiger partial charge in [0.1, 0.15) is 17.4 Å². The smallest absolute Gasteiger partial charge is 0.290 e. The van der Waals surface area contributed by atoms with Gasteiger partial charge in [0.2, 0.25) is 5.76 Å². The summed E-state index contributed by atoms with van der Waals surface area (Å²) in [6, 6.07) is 8.17. The molecule has 1 aliphatic rings. The fraction of sp³-hybridized carbons (Fsp3) is 0.353. The SMILES string of the molecule is Cc1cc(C(=O)NC2CCN(c3cccc(F)c3C#N)CC2)on1. The number of rotatable bonds is 3. The number of benzene rings is 1. The number of hydrogen-bond acceptors (Lipinski definition) is 5. The average molecular weight is 328 g/mol. The molecule has 0 bridgehead atoms. The molecule has 1 aromatic heterocycles. The molecule has 0 radical (unpaired) electrons. The lowest BCUT2D eigenvalue weighted by Crippen LogP contribution is -2.44. The first-order valence-electron chi connectivity index (χ1n) is 7.76. The molecule has 1 saturated heterocycles. The number of nitriles is 1. The van der Waals surface area contributed by atoms with Crippen molar-refractivity contribution in [3.8, 4) is 6.07 Å². The Bertz CT molecular complexity index is 788. The van der Waals surface area contributed by atoms with Crippen LogP contribution in [0.4, 0.5) is 10.1 Å². The number of halogens is 1. The van der Waals surface area contributed by atoms with E-state index in [1.54, 1.807) is 25.1 Å². The van der Waals surface area contributed by atoms with E-state index in [1.807, 2.05) is 11.0 Å². The van der Waals surface area contributed by atoms with Crippen LogP contribution in [0.25, 0.3) is 0 Å². The summed E-state index contributed by atoms with van der Waals surface area (Å²) in [4.78, 5) is 14.0. The maximum Gasteiger partial charge on any atom is 0.290 e. The van der Waals surface area contributed by atoms with Crippen molar-refractivity contribution < 1.29 is 13.7 Å². The predicted molar refractivity (Wildman–Crippen MR) is 85.1 cm³/mol. The summed E-state index contributed by atoms with van der Waals surface area (Å²) >= 11 is 0. The number of aryl methyl sites for hydroxylation is 1. The molecule has 0 saturated carbocycles. The van der Waals surface area contributed by atoms with Gasteiger partial charge in [0.25, 0.3) is 5.91 Å².